The van der Waals surface area contributed by atoms with E-state index in [2.05, 4.69) is 26.8 Å². The minimum atomic E-state index is 0.455. The Morgan fingerprint density at radius 1 is 1.12 bits per heavy atom. The molecule has 4 nitrogen and oxygen atoms in total. The topological polar surface area (TPSA) is 44.8 Å². The lowest BCUT2D eigenvalue weighted by molar-refractivity contribution is 0.112. The Balaban J connectivity index is 2.42. The average molecular weight is 342 g/mol. The lowest BCUT2D eigenvalue weighted by atomic mass is 9.98. The zero-order valence-electron chi connectivity index (χ0n) is 15.6. The van der Waals surface area contributed by atoms with Gasteiger partial charge in [-0.05, 0) is 54.7 Å². The maximum atomic E-state index is 11.2. The molecule has 0 aliphatic rings. The zero-order valence-corrected chi connectivity index (χ0v) is 15.6. The van der Waals surface area contributed by atoms with E-state index in [4.69, 9.17) is 14.2 Å². The van der Waals surface area contributed by atoms with Crippen molar-refractivity contribution < 1.29 is 19.0 Å². The summed E-state index contributed by atoms with van der Waals surface area (Å²) in [6, 6.07) is 9.33. The molecule has 0 amide bonds. The molecule has 0 saturated carbocycles. The molecule has 2 aromatic carbocycles. The van der Waals surface area contributed by atoms with Crippen molar-refractivity contribution in [1.82, 2.24) is 0 Å². The summed E-state index contributed by atoms with van der Waals surface area (Å²) in [6.07, 6.45) is 1.63. The van der Waals surface area contributed by atoms with Crippen LogP contribution in [-0.2, 0) is 0 Å². The number of methoxy groups -OCH3 is 1. The van der Waals surface area contributed by atoms with Gasteiger partial charge in [0.15, 0.2) is 11.5 Å². The van der Waals surface area contributed by atoms with Crippen LogP contribution in [0, 0.1) is 6.92 Å². The van der Waals surface area contributed by atoms with Gasteiger partial charge >= 0.3 is 0 Å². The number of aryl methyl sites for hydroxylation is 1. The van der Waals surface area contributed by atoms with E-state index in [0.29, 0.717) is 41.1 Å². The second kappa shape index (κ2) is 8.56. The number of benzene rings is 2. The van der Waals surface area contributed by atoms with Crippen molar-refractivity contribution in [2.24, 2.45) is 0 Å². The number of carbonyl (C=O) groups excluding carboxylic acids is 1. The van der Waals surface area contributed by atoms with Crippen LogP contribution in [0.15, 0.2) is 30.3 Å². The number of carbonyl (C=O) groups is 1. The first-order valence-corrected chi connectivity index (χ1v) is 8.58. The third kappa shape index (κ3) is 4.53. The molecule has 4 heteroatoms. The highest BCUT2D eigenvalue weighted by Gasteiger charge is 2.16. The van der Waals surface area contributed by atoms with Crippen LogP contribution in [0.25, 0.3) is 0 Å². The van der Waals surface area contributed by atoms with Gasteiger partial charge in [-0.15, -0.1) is 0 Å². The first kappa shape index (κ1) is 18.8. The monoisotopic (exact) mass is 342 g/mol. The smallest absolute Gasteiger partial charge is 0.204 e. The van der Waals surface area contributed by atoms with Gasteiger partial charge in [0, 0.05) is 5.56 Å². The van der Waals surface area contributed by atoms with Gasteiger partial charge in [-0.1, -0.05) is 26.8 Å². The minimum Gasteiger partial charge on any atom is -0.493 e. The van der Waals surface area contributed by atoms with Crippen LogP contribution in [0.5, 0.6) is 23.0 Å². The van der Waals surface area contributed by atoms with Crippen molar-refractivity contribution in [3.63, 3.8) is 0 Å². The molecular formula is C21H26O4. The third-order valence-electron chi connectivity index (χ3n) is 3.94. The molecule has 0 spiro atoms. The summed E-state index contributed by atoms with van der Waals surface area (Å²) in [5.74, 6) is 2.64. The van der Waals surface area contributed by atoms with Crippen molar-refractivity contribution >= 4 is 6.29 Å². The maximum absolute atomic E-state index is 11.2. The van der Waals surface area contributed by atoms with Crippen LogP contribution < -0.4 is 14.2 Å². The predicted molar refractivity (Wildman–Crippen MR) is 99.5 cm³/mol. The van der Waals surface area contributed by atoms with Gasteiger partial charge in [0.1, 0.15) is 12.0 Å². The second-order valence-corrected chi connectivity index (χ2v) is 6.29. The normalized spacial score (nSPS) is 10.6. The Hall–Kier alpha value is -2.49. The van der Waals surface area contributed by atoms with Crippen LogP contribution >= 0.6 is 0 Å². The summed E-state index contributed by atoms with van der Waals surface area (Å²) >= 11 is 0. The Kier molecular flexibility index (Phi) is 6.45. The summed E-state index contributed by atoms with van der Waals surface area (Å²) in [7, 11) is 1.55. The van der Waals surface area contributed by atoms with Gasteiger partial charge < -0.3 is 14.2 Å². The zero-order chi connectivity index (χ0) is 18.4. The lowest BCUT2D eigenvalue weighted by Crippen LogP contribution is -2.01. The molecule has 0 fully saturated rings. The lowest BCUT2D eigenvalue weighted by Gasteiger charge is -2.17. The summed E-state index contributed by atoms with van der Waals surface area (Å²) in [6.45, 7) is 8.97. The van der Waals surface area contributed by atoms with Crippen molar-refractivity contribution in [1.29, 1.82) is 0 Å². The summed E-state index contributed by atoms with van der Waals surface area (Å²) in [4.78, 5) is 11.2. The Bertz CT molecular complexity index is 735. The molecule has 0 aliphatic carbocycles. The molecule has 0 bridgehead atoms. The molecule has 134 valence electrons. The third-order valence-corrected chi connectivity index (χ3v) is 3.94. The molecule has 2 aromatic rings. The molecule has 0 aromatic heterocycles. The van der Waals surface area contributed by atoms with E-state index in [1.54, 1.807) is 19.2 Å². The number of hydrogen-bond donors (Lipinski definition) is 0. The van der Waals surface area contributed by atoms with E-state index < -0.39 is 0 Å². The van der Waals surface area contributed by atoms with Gasteiger partial charge in [-0.3, -0.25) is 4.79 Å². The molecule has 25 heavy (non-hydrogen) atoms. The number of ether oxygens (including phenoxy) is 3. The Labute approximate surface area is 149 Å². The van der Waals surface area contributed by atoms with Gasteiger partial charge in [-0.25, -0.2) is 0 Å². The average Bonchev–Trinajstić information content (AvgIpc) is 2.59. The molecule has 0 radical (unpaired) electrons. The highest BCUT2D eigenvalue weighted by molar-refractivity contribution is 5.78. The van der Waals surface area contributed by atoms with E-state index in [1.807, 2.05) is 19.1 Å². The summed E-state index contributed by atoms with van der Waals surface area (Å²) in [5, 5.41) is 0. The molecule has 0 saturated heterocycles. The van der Waals surface area contributed by atoms with E-state index in [9.17, 15) is 4.79 Å². The van der Waals surface area contributed by atoms with Crippen molar-refractivity contribution in [2.45, 2.75) is 40.0 Å². The Morgan fingerprint density at radius 2 is 1.84 bits per heavy atom. The minimum absolute atomic E-state index is 0.455. The first-order chi connectivity index (χ1) is 12.0. The SMILES string of the molecule is CCCOc1c(OC)cc(C=O)cc1Oc1ccc(C(C)C)c(C)c1. The van der Waals surface area contributed by atoms with E-state index in [0.717, 1.165) is 12.7 Å². The maximum Gasteiger partial charge on any atom is 0.204 e. The van der Waals surface area contributed by atoms with Crippen molar-refractivity contribution in [3.8, 4) is 23.0 Å². The van der Waals surface area contributed by atoms with Gasteiger partial charge in [0.05, 0.1) is 13.7 Å². The molecular weight excluding hydrogens is 316 g/mol. The summed E-state index contributed by atoms with van der Waals surface area (Å²) < 4.78 is 17.2. The van der Waals surface area contributed by atoms with Gasteiger partial charge in [-0.2, -0.15) is 0 Å². The molecule has 0 aliphatic heterocycles. The van der Waals surface area contributed by atoms with Crippen LogP contribution in [0.2, 0.25) is 0 Å². The quantitative estimate of drug-likeness (QED) is 0.592. The summed E-state index contributed by atoms with van der Waals surface area (Å²) in [5.41, 5.74) is 2.93. The highest BCUT2D eigenvalue weighted by atomic mass is 16.5. The molecule has 0 atom stereocenters. The Morgan fingerprint density at radius 3 is 2.40 bits per heavy atom. The van der Waals surface area contributed by atoms with Crippen LogP contribution in [-0.4, -0.2) is 20.0 Å². The fourth-order valence-electron chi connectivity index (χ4n) is 2.73. The number of hydrogen-bond acceptors (Lipinski definition) is 4. The number of aldehydes is 1. The van der Waals surface area contributed by atoms with Crippen LogP contribution in [0.4, 0.5) is 0 Å². The van der Waals surface area contributed by atoms with Crippen LogP contribution in [0.3, 0.4) is 0 Å². The van der Waals surface area contributed by atoms with Crippen LogP contribution in [0.1, 0.15) is 54.6 Å². The molecule has 0 N–H and O–H groups in total. The standard InChI is InChI=1S/C21H26O4/c1-6-9-24-21-19(23-5)11-16(13-22)12-20(21)25-17-7-8-18(14(2)3)15(4)10-17/h7-8,10-14H,6,9H2,1-5H3. The van der Waals surface area contributed by atoms with Crippen molar-refractivity contribution in [2.75, 3.05) is 13.7 Å². The highest BCUT2D eigenvalue weighted by Crippen LogP contribution is 2.41. The molecule has 0 unspecified atom stereocenters. The fraction of sp³-hybridized carbons (Fsp3) is 0.381. The van der Waals surface area contributed by atoms with Crippen molar-refractivity contribution in [3.05, 3.63) is 47.0 Å². The van der Waals surface area contributed by atoms with E-state index in [-0.39, 0.29) is 0 Å². The van der Waals surface area contributed by atoms with E-state index in [1.165, 1.54) is 11.1 Å². The molecule has 2 rings (SSSR count). The number of rotatable bonds is 8. The fourth-order valence-corrected chi connectivity index (χ4v) is 2.73. The second-order valence-electron chi connectivity index (χ2n) is 6.29. The molecule has 0 heterocycles. The largest absolute Gasteiger partial charge is 0.493 e. The van der Waals surface area contributed by atoms with Gasteiger partial charge in [0.2, 0.25) is 5.75 Å². The van der Waals surface area contributed by atoms with E-state index >= 15 is 0 Å². The predicted octanol–water partition coefficient (Wildman–Crippen LogP) is 5.52. The first-order valence-electron chi connectivity index (χ1n) is 8.58. The van der Waals surface area contributed by atoms with Gasteiger partial charge in [0.25, 0.3) is 0 Å².